The van der Waals surface area contributed by atoms with E-state index in [4.69, 9.17) is 11.6 Å². The van der Waals surface area contributed by atoms with Crippen LogP contribution in [-0.4, -0.2) is 26.4 Å². The van der Waals surface area contributed by atoms with Gasteiger partial charge in [-0.2, -0.15) is 0 Å². The fourth-order valence-corrected chi connectivity index (χ4v) is 4.17. The number of aromatic nitrogens is 3. The summed E-state index contributed by atoms with van der Waals surface area (Å²) in [4.78, 5) is 12.4. The highest BCUT2D eigenvalue weighted by atomic mass is 35.5. The number of nitrogens with zero attached hydrogens (tertiary/aromatic N) is 3. The first-order valence-corrected chi connectivity index (χ1v) is 11.4. The molecule has 0 aliphatic rings. The maximum atomic E-state index is 12.4. The first kappa shape index (κ1) is 22.4. The number of hydrogen-bond donors (Lipinski definition) is 1. The van der Waals surface area contributed by atoms with Gasteiger partial charge in [0.05, 0.1) is 16.8 Å². The van der Waals surface area contributed by atoms with Crippen molar-refractivity contribution in [2.45, 2.75) is 38.4 Å². The molecule has 0 saturated heterocycles. The molecule has 0 aliphatic carbocycles. The zero-order valence-electron chi connectivity index (χ0n) is 17.7. The molecule has 158 valence electrons. The molecule has 2 aromatic carbocycles. The molecule has 1 unspecified atom stereocenters. The smallest absolute Gasteiger partial charge is 0.230 e. The fourth-order valence-electron chi connectivity index (χ4n) is 3.23. The van der Waals surface area contributed by atoms with E-state index in [0.29, 0.717) is 21.9 Å². The van der Waals surface area contributed by atoms with E-state index < -0.39 is 0 Å². The summed E-state index contributed by atoms with van der Waals surface area (Å²) < 4.78 is 1.86. The Labute approximate surface area is 187 Å². The highest BCUT2D eigenvalue weighted by molar-refractivity contribution is 7.99. The van der Waals surface area contributed by atoms with Gasteiger partial charge in [-0.25, -0.2) is 0 Å². The van der Waals surface area contributed by atoms with Crippen LogP contribution in [-0.2, 0) is 18.3 Å². The Balaban J connectivity index is 1.56. The van der Waals surface area contributed by atoms with E-state index in [-0.39, 0.29) is 17.7 Å². The first-order chi connectivity index (χ1) is 14.3. The van der Waals surface area contributed by atoms with E-state index in [0.717, 1.165) is 17.5 Å². The average Bonchev–Trinajstić information content (AvgIpc) is 3.07. The maximum absolute atomic E-state index is 12.4. The summed E-state index contributed by atoms with van der Waals surface area (Å²) in [6.45, 7) is 6.42. The predicted octanol–water partition coefficient (Wildman–Crippen LogP) is 5.30. The number of halogens is 1. The van der Waals surface area contributed by atoms with Gasteiger partial charge in [0.1, 0.15) is 0 Å². The SMILES string of the molecule is CC(C)Cc1ccc(C(C)NC(=O)CSc2nnc(-c3ccccc3Cl)n2C)cc1. The number of rotatable bonds is 8. The van der Waals surface area contributed by atoms with Crippen LogP contribution in [0, 0.1) is 5.92 Å². The van der Waals surface area contributed by atoms with Gasteiger partial charge in [-0.05, 0) is 42.5 Å². The van der Waals surface area contributed by atoms with Crippen LogP contribution in [0.15, 0.2) is 53.7 Å². The Morgan fingerprint density at radius 3 is 2.47 bits per heavy atom. The second-order valence-corrected chi connectivity index (χ2v) is 9.11. The lowest BCUT2D eigenvalue weighted by molar-refractivity contribution is -0.119. The molecule has 3 rings (SSSR count). The lowest BCUT2D eigenvalue weighted by Gasteiger charge is -2.15. The van der Waals surface area contributed by atoms with E-state index in [9.17, 15) is 4.79 Å². The number of carbonyl (C=O) groups is 1. The largest absolute Gasteiger partial charge is 0.349 e. The third-order valence-electron chi connectivity index (χ3n) is 4.78. The quantitative estimate of drug-likeness (QED) is 0.480. The summed E-state index contributed by atoms with van der Waals surface area (Å²) in [6.07, 6.45) is 1.06. The number of nitrogens with one attached hydrogen (secondary N) is 1. The molecular formula is C23H27ClN4OS. The highest BCUT2D eigenvalue weighted by Crippen LogP contribution is 2.28. The molecule has 3 aromatic rings. The predicted molar refractivity (Wildman–Crippen MR) is 124 cm³/mol. The maximum Gasteiger partial charge on any atom is 0.230 e. The van der Waals surface area contributed by atoms with E-state index in [1.165, 1.54) is 17.3 Å². The van der Waals surface area contributed by atoms with Gasteiger partial charge in [0.15, 0.2) is 11.0 Å². The van der Waals surface area contributed by atoms with Gasteiger partial charge in [0.2, 0.25) is 5.91 Å². The van der Waals surface area contributed by atoms with Gasteiger partial charge in [0, 0.05) is 12.6 Å². The van der Waals surface area contributed by atoms with Crippen LogP contribution in [0.4, 0.5) is 0 Å². The third kappa shape index (κ3) is 5.64. The fraction of sp³-hybridized carbons (Fsp3) is 0.348. The van der Waals surface area contributed by atoms with Crippen LogP contribution < -0.4 is 5.32 Å². The van der Waals surface area contributed by atoms with Crippen LogP contribution in [0.2, 0.25) is 5.02 Å². The number of thioether (sulfide) groups is 1. The summed E-state index contributed by atoms with van der Waals surface area (Å²) in [5, 5.41) is 12.8. The summed E-state index contributed by atoms with van der Waals surface area (Å²) in [6, 6.07) is 15.9. The molecule has 0 saturated carbocycles. The molecule has 0 fully saturated rings. The summed E-state index contributed by atoms with van der Waals surface area (Å²) in [5.74, 6) is 1.54. The van der Waals surface area contributed by atoms with E-state index >= 15 is 0 Å². The normalized spacial score (nSPS) is 12.2. The molecule has 0 aliphatic heterocycles. The molecule has 5 nitrogen and oxygen atoms in total. The van der Waals surface area contributed by atoms with E-state index in [2.05, 4.69) is 53.6 Å². The van der Waals surface area contributed by atoms with Crippen molar-refractivity contribution in [2.75, 3.05) is 5.75 Å². The van der Waals surface area contributed by atoms with Crippen LogP contribution in [0.5, 0.6) is 0 Å². The van der Waals surface area contributed by atoms with E-state index in [1.807, 2.05) is 42.8 Å². The summed E-state index contributed by atoms with van der Waals surface area (Å²) in [5.41, 5.74) is 3.24. The lowest BCUT2D eigenvalue weighted by Crippen LogP contribution is -2.28. The van der Waals surface area contributed by atoms with Gasteiger partial charge < -0.3 is 9.88 Å². The monoisotopic (exact) mass is 442 g/mol. The zero-order valence-corrected chi connectivity index (χ0v) is 19.3. The van der Waals surface area contributed by atoms with Crippen LogP contribution in [0.25, 0.3) is 11.4 Å². The molecule has 1 N–H and O–H groups in total. The Bertz CT molecular complexity index is 1000. The van der Waals surface area contributed by atoms with Crippen LogP contribution in [0.3, 0.4) is 0 Å². The van der Waals surface area contributed by atoms with Crippen molar-refractivity contribution in [2.24, 2.45) is 13.0 Å². The number of amides is 1. The topological polar surface area (TPSA) is 59.8 Å². The molecule has 0 bridgehead atoms. The highest BCUT2D eigenvalue weighted by Gasteiger charge is 2.16. The third-order valence-corrected chi connectivity index (χ3v) is 6.13. The van der Waals surface area contributed by atoms with Crippen molar-refractivity contribution in [1.82, 2.24) is 20.1 Å². The van der Waals surface area contributed by atoms with Crippen molar-refractivity contribution < 1.29 is 4.79 Å². The molecule has 1 atom stereocenters. The zero-order chi connectivity index (χ0) is 21.7. The number of benzene rings is 2. The Hall–Kier alpha value is -2.31. The van der Waals surface area contributed by atoms with Gasteiger partial charge >= 0.3 is 0 Å². The van der Waals surface area contributed by atoms with Gasteiger partial charge in [-0.3, -0.25) is 4.79 Å². The minimum Gasteiger partial charge on any atom is -0.349 e. The molecule has 0 spiro atoms. The molecule has 30 heavy (non-hydrogen) atoms. The molecule has 7 heteroatoms. The molecule has 1 amide bonds. The Morgan fingerprint density at radius 1 is 1.10 bits per heavy atom. The van der Waals surface area contributed by atoms with Gasteiger partial charge in [-0.1, -0.05) is 73.6 Å². The minimum absolute atomic E-state index is 0.0407. The summed E-state index contributed by atoms with van der Waals surface area (Å²) >= 11 is 7.62. The number of carbonyl (C=O) groups excluding carboxylic acids is 1. The van der Waals surface area contributed by atoms with Crippen LogP contribution >= 0.6 is 23.4 Å². The minimum atomic E-state index is -0.0515. The van der Waals surface area contributed by atoms with Crippen molar-refractivity contribution in [3.8, 4) is 11.4 Å². The average molecular weight is 443 g/mol. The second kappa shape index (κ2) is 10.1. The van der Waals surface area contributed by atoms with Crippen LogP contribution in [0.1, 0.15) is 37.9 Å². The Morgan fingerprint density at radius 2 is 1.80 bits per heavy atom. The van der Waals surface area contributed by atoms with Crippen molar-refractivity contribution in [1.29, 1.82) is 0 Å². The van der Waals surface area contributed by atoms with Gasteiger partial charge in [-0.15, -0.1) is 10.2 Å². The number of hydrogen-bond acceptors (Lipinski definition) is 4. The molecule has 1 aromatic heterocycles. The summed E-state index contributed by atoms with van der Waals surface area (Å²) in [7, 11) is 1.88. The second-order valence-electron chi connectivity index (χ2n) is 7.76. The Kier molecular flexibility index (Phi) is 7.56. The van der Waals surface area contributed by atoms with Crippen molar-refractivity contribution in [3.63, 3.8) is 0 Å². The molecule has 0 radical (unpaired) electrons. The standard InChI is InChI=1S/C23H27ClN4OS/c1-15(2)13-17-9-11-18(12-10-17)16(3)25-21(29)14-30-23-27-26-22(28(23)4)19-7-5-6-8-20(19)24/h5-12,15-16H,13-14H2,1-4H3,(H,25,29). The van der Waals surface area contributed by atoms with E-state index in [1.54, 1.807) is 0 Å². The van der Waals surface area contributed by atoms with Crippen molar-refractivity contribution >= 4 is 29.3 Å². The van der Waals surface area contributed by atoms with Crippen molar-refractivity contribution in [3.05, 3.63) is 64.7 Å². The molecular weight excluding hydrogens is 416 g/mol. The lowest BCUT2D eigenvalue weighted by atomic mass is 10.00. The molecule has 1 heterocycles. The van der Waals surface area contributed by atoms with Gasteiger partial charge in [0.25, 0.3) is 0 Å². The first-order valence-electron chi connectivity index (χ1n) is 10.0.